The molecule has 60 heavy (non-hydrogen) atoms. The van der Waals surface area contributed by atoms with E-state index in [-0.39, 0.29) is 31.7 Å². The van der Waals surface area contributed by atoms with Crippen LogP contribution in [0.1, 0.15) is 61.4 Å². The summed E-state index contributed by atoms with van der Waals surface area (Å²) in [7, 11) is 3.17. The Labute approximate surface area is 350 Å². The van der Waals surface area contributed by atoms with Crippen LogP contribution >= 0.6 is 0 Å². The van der Waals surface area contributed by atoms with Gasteiger partial charge in [0.05, 0.1) is 20.8 Å². The van der Waals surface area contributed by atoms with Crippen LogP contribution in [0.5, 0.6) is 17.2 Å². The van der Waals surface area contributed by atoms with Crippen molar-refractivity contribution in [2.24, 2.45) is 11.1 Å². The van der Waals surface area contributed by atoms with Gasteiger partial charge in [0, 0.05) is 24.3 Å². The zero-order valence-electron chi connectivity index (χ0n) is 34.4. The van der Waals surface area contributed by atoms with E-state index in [1.807, 2.05) is 115 Å². The van der Waals surface area contributed by atoms with Crippen LogP contribution in [-0.4, -0.2) is 57.0 Å². The first-order valence-electron chi connectivity index (χ1n) is 19.4. The fraction of sp³-hybridized carbons (Fsp3) is 0.250. The van der Waals surface area contributed by atoms with Crippen LogP contribution in [0.15, 0.2) is 133 Å². The van der Waals surface area contributed by atoms with Gasteiger partial charge in [-0.3, -0.25) is 9.59 Å². The van der Waals surface area contributed by atoms with E-state index in [2.05, 4.69) is 10.6 Å². The van der Waals surface area contributed by atoms with Gasteiger partial charge < -0.3 is 40.1 Å². The topological polar surface area (TPSA) is 165 Å². The number of hydrogen-bond donors (Lipinski definition) is 3. The third-order valence-corrected chi connectivity index (χ3v) is 10.0. The summed E-state index contributed by atoms with van der Waals surface area (Å²) < 4.78 is 26.8. The fourth-order valence-corrected chi connectivity index (χ4v) is 6.93. The highest BCUT2D eigenvalue weighted by Crippen LogP contribution is 2.40. The molecule has 0 spiro atoms. The molecule has 5 rings (SSSR count). The Morgan fingerprint density at radius 2 is 1.15 bits per heavy atom. The van der Waals surface area contributed by atoms with Gasteiger partial charge in [-0.15, -0.1) is 0 Å². The van der Waals surface area contributed by atoms with Gasteiger partial charge in [0.25, 0.3) is 5.91 Å². The van der Waals surface area contributed by atoms with Crippen molar-refractivity contribution in [3.05, 3.63) is 161 Å². The first kappa shape index (κ1) is 44.0. The summed E-state index contributed by atoms with van der Waals surface area (Å²) >= 11 is 0. The van der Waals surface area contributed by atoms with Crippen LogP contribution in [0.2, 0.25) is 0 Å². The van der Waals surface area contributed by atoms with Gasteiger partial charge in [0.15, 0.2) is 5.60 Å². The molecule has 1 unspecified atom stereocenters. The van der Waals surface area contributed by atoms with Gasteiger partial charge in [-0.25, -0.2) is 9.59 Å². The molecule has 1 atom stereocenters. The number of methoxy groups -OCH3 is 2. The number of rotatable bonds is 17. The maximum absolute atomic E-state index is 14.2. The Bertz CT molecular complexity index is 2120. The summed E-state index contributed by atoms with van der Waals surface area (Å²) in [5.74, 6) is 0.457. The smallest absolute Gasteiger partial charge is 0.497 e. The molecule has 0 fully saturated rings. The lowest BCUT2D eigenvalue weighted by Crippen LogP contribution is -2.59. The summed E-state index contributed by atoms with van der Waals surface area (Å²) in [6.07, 6.45) is 1.18. The number of nitrogens with one attached hydrogen (secondary N) is 2. The number of amides is 3. The minimum absolute atomic E-state index is 0.155. The van der Waals surface area contributed by atoms with Crippen LogP contribution in [0, 0.1) is 5.41 Å². The molecule has 0 saturated carbocycles. The fourth-order valence-electron chi connectivity index (χ4n) is 6.93. The van der Waals surface area contributed by atoms with Crippen molar-refractivity contribution >= 4 is 36.2 Å². The molecule has 0 aliphatic heterocycles. The summed E-state index contributed by atoms with van der Waals surface area (Å²) in [4.78, 5) is 53.1. The van der Waals surface area contributed by atoms with Crippen LogP contribution in [0.4, 0.5) is 9.59 Å². The third kappa shape index (κ3) is 10.9. The maximum atomic E-state index is 14.2. The Hall–Kier alpha value is -7.08. The molecule has 0 aliphatic carbocycles. The molecule has 12 nitrogen and oxygen atoms in total. The van der Waals surface area contributed by atoms with Crippen LogP contribution in [0.25, 0.3) is 12.2 Å². The van der Waals surface area contributed by atoms with Crippen molar-refractivity contribution in [3.8, 4) is 17.2 Å². The van der Waals surface area contributed by atoms with E-state index in [1.165, 1.54) is 0 Å². The average molecular weight is 814 g/mol. The minimum Gasteiger partial charge on any atom is -0.497 e. The number of ether oxygens (including phenoxy) is 5. The van der Waals surface area contributed by atoms with Gasteiger partial charge in [-0.05, 0) is 52.1 Å². The lowest BCUT2D eigenvalue weighted by molar-refractivity contribution is -0.154. The number of carbonyl (C=O) groups excluding carboxylic acids is 4. The van der Waals surface area contributed by atoms with E-state index in [0.29, 0.717) is 11.5 Å². The molecule has 5 aromatic rings. The third-order valence-electron chi connectivity index (χ3n) is 10.0. The second kappa shape index (κ2) is 20.1. The van der Waals surface area contributed by atoms with Gasteiger partial charge in [0.2, 0.25) is 5.91 Å². The lowest BCUT2D eigenvalue weighted by Gasteiger charge is -2.42. The standard InChI is InChI=1S/C48H51N3O9/c1-46(2,3)47(60-44(49)54,28-27-42(52)51-48(36-15-9-6-10-16-36,37-17-11-7-12-18-37)38-19-13-8-14-20-38)43(53)50-29-30-58-45(55)59-39-25-23-34(24-26-39)21-22-35-31-40(56-4)33-41(32-35)57-5/h6-26,31-33H,27-30H2,1-5H3,(H2,49,54)(H,50,53)(H,51,52). The van der Waals surface area contributed by atoms with Gasteiger partial charge in [0.1, 0.15) is 29.4 Å². The molecule has 0 radical (unpaired) electrons. The first-order valence-corrected chi connectivity index (χ1v) is 19.4. The van der Waals surface area contributed by atoms with Crippen LogP contribution in [0.3, 0.4) is 0 Å². The summed E-state index contributed by atoms with van der Waals surface area (Å²) in [6.45, 7) is 4.71. The first-order chi connectivity index (χ1) is 28.8. The Kier molecular flexibility index (Phi) is 14.7. The number of carbonyl (C=O) groups is 4. The van der Waals surface area contributed by atoms with E-state index in [0.717, 1.165) is 27.8 Å². The van der Waals surface area contributed by atoms with E-state index >= 15 is 0 Å². The predicted octanol–water partition coefficient (Wildman–Crippen LogP) is 8.27. The van der Waals surface area contributed by atoms with E-state index in [1.54, 1.807) is 65.3 Å². The SMILES string of the molecule is COc1cc(C=Cc2ccc(OC(=O)OCCNC(=O)C(CCC(=O)NC(c3ccccc3)(c3ccccc3)c3ccccc3)(OC(N)=O)C(C)(C)C)cc2)cc(OC)c1. The molecule has 5 aromatic carbocycles. The maximum Gasteiger partial charge on any atom is 0.513 e. The summed E-state index contributed by atoms with van der Waals surface area (Å²) in [6, 6.07) is 41.1. The second-order valence-corrected chi connectivity index (χ2v) is 14.9. The Morgan fingerprint density at radius 3 is 1.62 bits per heavy atom. The van der Waals surface area contributed by atoms with Crippen molar-refractivity contribution in [2.45, 2.75) is 44.8 Å². The van der Waals surface area contributed by atoms with Gasteiger partial charge >= 0.3 is 12.2 Å². The highest BCUT2D eigenvalue weighted by Gasteiger charge is 2.52. The summed E-state index contributed by atoms with van der Waals surface area (Å²) in [5, 5.41) is 5.97. The average Bonchev–Trinajstić information content (AvgIpc) is 3.25. The number of nitrogens with two attached hydrogens (primary N) is 1. The minimum atomic E-state index is -1.89. The zero-order chi connectivity index (χ0) is 43.2. The number of benzene rings is 5. The highest BCUT2D eigenvalue weighted by atomic mass is 16.7. The molecule has 0 bridgehead atoms. The van der Waals surface area contributed by atoms with Crippen molar-refractivity contribution in [3.63, 3.8) is 0 Å². The van der Waals surface area contributed by atoms with Crippen LogP contribution < -0.4 is 30.6 Å². The monoisotopic (exact) mass is 813 g/mol. The van der Waals surface area contributed by atoms with E-state index in [4.69, 9.17) is 29.4 Å². The molecule has 0 aliphatic rings. The van der Waals surface area contributed by atoms with Crippen molar-refractivity contribution in [1.82, 2.24) is 10.6 Å². The van der Waals surface area contributed by atoms with Crippen LogP contribution in [-0.2, 0) is 24.6 Å². The quantitative estimate of drug-likeness (QED) is 0.0276. The van der Waals surface area contributed by atoms with Crippen molar-refractivity contribution < 1.29 is 42.9 Å². The molecule has 0 heterocycles. The van der Waals surface area contributed by atoms with Gasteiger partial charge in [-0.2, -0.15) is 0 Å². The Morgan fingerprint density at radius 1 is 0.650 bits per heavy atom. The zero-order valence-corrected chi connectivity index (χ0v) is 34.4. The molecule has 312 valence electrons. The lowest BCUT2D eigenvalue weighted by atomic mass is 9.72. The van der Waals surface area contributed by atoms with E-state index in [9.17, 15) is 19.2 Å². The molecule has 0 aromatic heterocycles. The number of primary amides is 1. The largest absolute Gasteiger partial charge is 0.513 e. The van der Waals surface area contributed by atoms with E-state index < -0.39 is 40.6 Å². The predicted molar refractivity (Wildman–Crippen MR) is 229 cm³/mol. The number of hydrogen-bond acceptors (Lipinski definition) is 9. The van der Waals surface area contributed by atoms with Crippen molar-refractivity contribution in [1.29, 1.82) is 0 Å². The molecular weight excluding hydrogens is 763 g/mol. The summed E-state index contributed by atoms with van der Waals surface area (Å²) in [5.41, 5.74) is 5.70. The highest BCUT2D eigenvalue weighted by molar-refractivity contribution is 5.89. The van der Waals surface area contributed by atoms with Gasteiger partial charge in [-0.1, -0.05) is 136 Å². The molecular formula is C48H51N3O9. The second-order valence-electron chi connectivity index (χ2n) is 14.9. The molecule has 3 amide bonds. The van der Waals surface area contributed by atoms with Crippen molar-refractivity contribution in [2.75, 3.05) is 27.4 Å². The molecule has 4 N–H and O–H groups in total. The normalized spacial score (nSPS) is 12.4. The molecule has 0 saturated heterocycles. The molecule has 12 heteroatoms. The Balaban J connectivity index is 1.23.